The number of carbonyl (C=O) groups excluding carboxylic acids is 1. The highest BCUT2D eigenvalue weighted by Crippen LogP contribution is 2.13. The Kier molecular flexibility index (Phi) is 1.89. The fourth-order valence-electron chi connectivity index (χ4n) is 0.643. The minimum atomic E-state index is 0.125. The van der Waals surface area contributed by atoms with Gasteiger partial charge in [-0.25, -0.2) is 0 Å². The molecule has 1 rings (SSSR count). The highest BCUT2D eigenvalue weighted by Gasteiger charge is 1.89. The Morgan fingerprint density at radius 2 is 2.30 bits per heavy atom. The number of hydrogen-bond acceptors (Lipinski definition) is 2. The van der Waals surface area contributed by atoms with Gasteiger partial charge in [0.1, 0.15) is 5.75 Å². The third-order valence-electron chi connectivity index (χ3n) is 1.04. The molecule has 0 unspecified atom stereocenters. The van der Waals surface area contributed by atoms with Crippen LogP contribution in [0.25, 0.3) is 0 Å². The lowest BCUT2D eigenvalue weighted by Gasteiger charge is -1.95. The molecular weight excluding hydrogens is 130 g/mol. The van der Waals surface area contributed by atoms with Crippen LogP contribution in [0.15, 0.2) is 24.3 Å². The van der Waals surface area contributed by atoms with Gasteiger partial charge >= 0.3 is 6.41 Å². The Balaban J connectivity index is 2.84. The number of rotatable bonds is 2. The molecule has 0 aliphatic rings. The molecule has 0 aliphatic carbocycles. The molecule has 1 aromatic carbocycles. The van der Waals surface area contributed by atoms with Gasteiger partial charge in [0, 0.05) is 11.8 Å². The quantitative estimate of drug-likeness (QED) is 0.592. The Hall–Kier alpha value is -1.51. The van der Waals surface area contributed by atoms with Crippen molar-refractivity contribution in [3.8, 4) is 5.75 Å². The fraction of sp³-hybridized carbons (Fsp3) is 0. The van der Waals surface area contributed by atoms with Crippen molar-refractivity contribution in [1.29, 1.82) is 0 Å². The molecule has 10 heavy (non-hydrogen) atoms. The molecule has 0 fully saturated rings. The van der Waals surface area contributed by atoms with E-state index in [-0.39, 0.29) is 5.75 Å². The summed E-state index contributed by atoms with van der Waals surface area (Å²) in [6.07, 6.45) is 1.50. The van der Waals surface area contributed by atoms with Crippen molar-refractivity contribution >= 4 is 12.1 Å². The fourth-order valence-corrected chi connectivity index (χ4v) is 0.643. The topological polar surface area (TPSA) is 49.3 Å². The van der Waals surface area contributed by atoms with E-state index in [2.05, 4.69) is 5.32 Å². The van der Waals surface area contributed by atoms with Gasteiger partial charge in [0.2, 0.25) is 0 Å². The molecule has 1 aromatic rings. The minimum absolute atomic E-state index is 0.125. The van der Waals surface area contributed by atoms with E-state index in [1.807, 2.05) is 0 Å². The average molecular weight is 136 g/mol. The molecule has 0 heterocycles. The summed E-state index contributed by atoms with van der Waals surface area (Å²) in [6, 6.07) is 6.25. The second kappa shape index (κ2) is 2.87. The molecule has 0 saturated heterocycles. The first-order valence-electron chi connectivity index (χ1n) is 2.75. The third kappa shape index (κ3) is 1.48. The summed E-state index contributed by atoms with van der Waals surface area (Å²) < 4.78 is 0. The van der Waals surface area contributed by atoms with Gasteiger partial charge in [0.25, 0.3) is 0 Å². The van der Waals surface area contributed by atoms with Gasteiger partial charge in [-0.15, -0.1) is 0 Å². The van der Waals surface area contributed by atoms with Gasteiger partial charge in [-0.1, -0.05) is 6.07 Å². The van der Waals surface area contributed by atoms with Crippen molar-refractivity contribution in [3.63, 3.8) is 0 Å². The third-order valence-corrected chi connectivity index (χ3v) is 1.04. The number of aromatic hydroxyl groups is 1. The van der Waals surface area contributed by atoms with Crippen molar-refractivity contribution in [2.45, 2.75) is 0 Å². The molecule has 0 atom stereocenters. The zero-order chi connectivity index (χ0) is 7.40. The summed E-state index contributed by atoms with van der Waals surface area (Å²) in [5.41, 5.74) is 0.537. The van der Waals surface area contributed by atoms with Crippen molar-refractivity contribution in [2.24, 2.45) is 0 Å². The normalized spacial score (nSPS) is 8.80. The van der Waals surface area contributed by atoms with Gasteiger partial charge < -0.3 is 10.4 Å². The summed E-state index contributed by atoms with van der Waals surface area (Å²) in [5, 5.41) is 11.2. The van der Waals surface area contributed by atoms with Gasteiger partial charge in [0.05, 0.1) is 0 Å². The summed E-state index contributed by atoms with van der Waals surface area (Å²) in [5.74, 6) is 0.125. The Morgan fingerprint density at radius 3 is 2.90 bits per heavy atom. The molecular formula is C7H6NO2. The maximum atomic E-state index is 9.77. The van der Waals surface area contributed by atoms with Crippen LogP contribution in [0.4, 0.5) is 5.69 Å². The number of anilines is 1. The van der Waals surface area contributed by atoms with Gasteiger partial charge in [-0.3, -0.25) is 4.79 Å². The van der Waals surface area contributed by atoms with Crippen molar-refractivity contribution < 1.29 is 9.90 Å². The maximum absolute atomic E-state index is 9.77. The molecule has 0 aromatic heterocycles. The number of phenols is 1. The number of nitrogens with one attached hydrogen (secondary N) is 1. The monoisotopic (exact) mass is 136 g/mol. The molecule has 0 saturated carbocycles. The predicted molar refractivity (Wildman–Crippen MR) is 37.4 cm³/mol. The lowest BCUT2D eigenvalue weighted by molar-refractivity contribution is 0.475. The number of amides is 1. The van der Waals surface area contributed by atoms with Gasteiger partial charge in [-0.05, 0) is 12.1 Å². The molecule has 1 radical (unpaired) electrons. The Bertz CT molecular complexity index is 235. The van der Waals surface area contributed by atoms with Crippen LogP contribution in [0.3, 0.4) is 0 Å². The summed E-state index contributed by atoms with van der Waals surface area (Å²) in [7, 11) is 0. The standard InChI is InChI=1S/C7H6NO2/c9-5-8-6-2-1-3-7(10)4-6/h1-4,10H,(H,8,9). The predicted octanol–water partition coefficient (Wildman–Crippen LogP) is 0.871. The van der Waals surface area contributed by atoms with Gasteiger partial charge in [-0.2, -0.15) is 0 Å². The van der Waals surface area contributed by atoms with Crippen LogP contribution in [-0.2, 0) is 4.79 Å². The SMILES string of the molecule is O=[C]Nc1cccc(O)c1. The molecule has 0 aliphatic heterocycles. The van der Waals surface area contributed by atoms with Gasteiger partial charge in [0.15, 0.2) is 0 Å². The molecule has 2 N–H and O–H groups in total. The number of hydrogen-bond donors (Lipinski definition) is 2. The van der Waals surface area contributed by atoms with Crippen LogP contribution in [0.2, 0.25) is 0 Å². The second-order valence-electron chi connectivity index (χ2n) is 1.78. The second-order valence-corrected chi connectivity index (χ2v) is 1.78. The van der Waals surface area contributed by atoms with E-state index < -0.39 is 0 Å². The summed E-state index contributed by atoms with van der Waals surface area (Å²) in [6.45, 7) is 0. The van der Waals surface area contributed by atoms with Crippen LogP contribution in [0.5, 0.6) is 5.75 Å². The minimum Gasteiger partial charge on any atom is -0.508 e. The average Bonchev–Trinajstić information content (AvgIpc) is 1.88. The molecule has 0 spiro atoms. The van der Waals surface area contributed by atoms with Crippen LogP contribution >= 0.6 is 0 Å². The van der Waals surface area contributed by atoms with E-state index in [9.17, 15) is 4.79 Å². The van der Waals surface area contributed by atoms with E-state index in [1.165, 1.54) is 18.5 Å². The van der Waals surface area contributed by atoms with E-state index in [4.69, 9.17) is 5.11 Å². The lowest BCUT2D eigenvalue weighted by Crippen LogP contribution is -1.91. The number of phenolic OH excluding ortho intramolecular Hbond substituents is 1. The smallest absolute Gasteiger partial charge is 0.314 e. The maximum Gasteiger partial charge on any atom is 0.314 e. The zero-order valence-corrected chi connectivity index (χ0v) is 5.16. The first-order chi connectivity index (χ1) is 4.83. The van der Waals surface area contributed by atoms with E-state index >= 15 is 0 Å². The Labute approximate surface area is 58.3 Å². The van der Waals surface area contributed by atoms with Crippen LogP contribution in [0, 0.1) is 0 Å². The number of benzene rings is 1. The highest BCUT2D eigenvalue weighted by atomic mass is 16.3. The first kappa shape index (κ1) is 6.61. The summed E-state index contributed by atoms with van der Waals surface area (Å²) >= 11 is 0. The van der Waals surface area contributed by atoms with Crippen molar-refractivity contribution in [3.05, 3.63) is 24.3 Å². The molecule has 3 nitrogen and oxygen atoms in total. The van der Waals surface area contributed by atoms with Crippen LogP contribution in [-0.4, -0.2) is 11.5 Å². The largest absolute Gasteiger partial charge is 0.508 e. The van der Waals surface area contributed by atoms with Crippen LogP contribution in [0.1, 0.15) is 0 Å². The first-order valence-corrected chi connectivity index (χ1v) is 2.75. The Morgan fingerprint density at radius 1 is 1.50 bits per heavy atom. The van der Waals surface area contributed by atoms with Crippen LogP contribution < -0.4 is 5.32 Å². The van der Waals surface area contributed by atoms with Crippen molar-refractivity contribution in [1.82, 2.24) is 0 Å². The zero-order valence-electron chi connectivity index (χ0n) is 5.16. The lowest BCUT2D eigenvalue weighted by atomic mass is 10.3. The van der Waals surface area contributed by atoms with E-state index in [1.54, 1.807) is 12.1 Å². The molecule has 3 heteroatoms. The molecule has 0 bridgehead atoms. The van der Waals surface area contributed by atoms with Crippen molar-refractivity contribution in [2.75, 3.05) is 5.32 Å². The molecule has 51 valence electrons. The summed E-state index contributed by atoms with van der Waals surface area (Å²) in [4.78, 5) is 9.77. The highest BCUT2D eigenvalue weighted by molar-refractivity contribution is 5.72. The van der Waals surface area contributed by atoms with E-state index in [0.717, 1.165) is 0 Å². The molecule has 1 amide bonds. The van der Waals surface area contributed by atoms with E-state index in [0.29, 0.717) is 5.69 Å².